The van der Waals surface area contributed by atoms with E-state index >= 15 is 0 Å². The standard InChI is InChI=1S/C10H10F2O3/c1-6(10(13)14-2)15-9-5-7(11)3-4-8(9)12/h3-6H,1-2H3. The van der Waals surface area contributed by atoms with Gasteiger partial charge in [0, 0.05) is 6.07 Å². The van der Waals surface area contributed by atoms with Crippen LogP contribution >= 0.6 is 0 Å². The topological polar surface area (TPSA) is 35.5 Å². The molecule has 0 aliphatic heterocycles. The third-order valence-corrected chi connectivity index (χ3v) is 1.73. The van der Waals surface area contributed by atoms with Gasteiger partial charge in [0.2, 0.25) is 0 Å². The van der Waals surface area contributed by atoms with Crippen molar-refractivity contribution in [2.75, 3.05) is 7.11 Å². The maximum Gasteiger partial charge on any atom is 0.346 e. The van der Waals surface area contributed by atoms with Gasteiger partial charge in [-0.25, -0.2) is 13.6 Å². The van der Waals surface area contributed by atoms with Crippen LogP contribution in [0.5, 0.6) is 5.75 Å². The molecule has 0 spiro atoms. The molecule has 1 rings (SSSR count). The summed E-state index contributed by atoms with van der Waals surface area (Å²) in [6.07, 6.45) is -0.980. The van der Waals surface area contributed by atoms with Gasteiger partial charge in [-0.1, -0.05) is 0 Å². The molecule has 0 saturated heterocycles. The average molecular weight is 216 g/mol. The summed E-state index contributed by atoms with van der Waals surface area (Å²) < 4.78 is 35.0. The first kappa shape index (κ1) is 11.4. The molecule has 15 heavy (non-hydrogen) atoms. The summed E-state index contributed by atoms with van der Waals surface area (Å²) in [5.74, 6) is -2.33. The number of hydrogen-bond donors (Lipinski definition) is 0. The van der Waals surface area contributed by atoms with Gasteiger partial charge in [-0.2, -0.15) is 0 Å². The lowest BCUT2D eigenvalue weighted by molar-refractivity contribution is -0.148. The molecular weight excluding hydrogens is 206 g/mol. The van der Waals surface area contributed by atoms with Crippen LogP contribution in [0, 0.1) is 11.6 Å². The SMILES string of the molecule is COC(=O)C(C)Oc1cc(F)ccc1F. The van der Waals surface area contributed by atoms with E-state index in [1.807, 2.05) is 0 Å². The Morgan fingerprint density at radius 1 is 1.40 bits per heavy atom. The first-order valence-corrected chi connectivity index (χ1v) is 4.24. The highest BCUT2D eigenvalue weighted by Gasteiger charge is 2.17. The fourth-order valence-corrected chi connectivity index (χ4v) is 0.972. The van der Waals surface area contributed by atoms with Gasteiger partial charge in [-0.05, 0) is 19.1 Å². The van der Waals surface area contributed by atoms with Crippen molar-refractivity contribution < 1.29 is 23.0 Å². The Hall–Kier alpha value is -1.65. The van der Waals surface area contributed by atoms with Crippen molar-refractivity contribution in [1.29, 1.82) is 0 Å². The number of ether oxygens (including phenoxy) is 2. The van der Waals surface area contributed by atoms with Gasteiger partial charge in [0.1, 0.15) is 5.82 Å². The Labute approximate surface area is 85.6 Å². The monoisotopic (exact) mass is 216 g/mol. The van der Waals surface area contributed by atoms with Gasteiger partial charge in [-0.3, -0.25) is 0 Å². The van der Waals surface area contributed by atoms with E-state index in [9.17, 15) is 13.6 Å². The van der Waals surface area contributed by atoms with Crippen LogP contribution < -0.4 is 4.74 Å². The lowest BCUT2D eigenvalue weighted by atomic mass is 10.3. The highest BCUT2D eigenvalue weighted by atomic mass is 19.1. The highest BCUT2D eigenvalue weighted by Crippen LogP contribution is 2.19. The maximum absolute atomic E-state index is 13.1. The minimum absolute atomic E-state index is 0.312. The number of hydrogen-bond acceptors (Lipinski definition) is 3. The highest BCUT2D eigenvalue weighted by molar-refractivity contribution is 5.74. The molecule has 82 valence electrons. The molecule has 3 nitrogen and oxygen atoms in total. The summed E-state index contributed by atoms with van der Waals surface area (Å²) in [6.45, 7) is 1.39. The second-order valence-electron chi connectivity index (χ2n) is 2.86. The van der Waals surface area contributed by atoms with Crippen LogP contribution in [0.4, 0.5) is 8.78 Å². The number of benzene rings is 1. The minimum atomic E-state index is -0.980. The van der Waals surface area contributed by atoms with Crippen LogP contribution in [-0.4, -0.2) is 19.2 Å². The Morgan fingerprint density at radius 2 is 2.07 bits per heavy atom. The zero-order valence-corrected chi connectivity index (χ0v) is 8.29. The third-order valence-electron chi connectivity index (χ3n) is 1.73. The molecule has 1 aromatic carbocycles. The van der Waals surface area contributed by atoms with E-state index in [1.54, 1.807) is 0 Å². The normalized spacial score (nSPS) is 12.0. The van der Waals surface area contributed by atoms with Gasteiger partial charge < -0.3 is 9.47 Å². The number of carbonyl (C=O) groups is 1. The van der Waals surface area contributed by atoms with Crippen molar-refractivity contribution in [3.63, 3.8) is 0 Å². The molecule has 0 heterocycles. The Bertz CT molecular complexity index is 366. The molecule has 0 aliphatic carbocycles. The van der Waals surface area contributed by atoms with Gasteiger partial charge in [0.05, 0.1) is 7.11 Å². The first-order chi connectivity index (χ1) is 7.04. The van der Waals surface area contributed by atoms with Crippen LogP contribution in [0.25, 0.3) is 0 Å². The zero-order chi connectivity index (χ0) is 11.4. The molecule has 0 aliphatic rings. The molecule has 0 bridgehead atoms. The van der Waals surface area contributed by atoms with Crippen molar-refractivity contribution in [2.24, 2.45) is 0 Å². The number of methoxy groups -OCH3 is 1. The lowest BCUT2D eigenvalue weighted by Crippen LogP contribution is -2.25. The van der Waals surface area contributed by atoms with E-state index < -0.39 is 23.7 Å². The summed E-state index contributed by atoms with van der Waals surface area (Å²) in [6, 6.07) is 2.76. The third kappa shape index (κ3) is 2.90. The molecule has 0 fully saturated rings. The summed E-state index contributed by atoms with van der Waals surface area (Å²) in [5, 5.41) is 0. The molecule has 0 saturated carbocycles. The van der Waals surface area contributed by atoms with Crippen molar-refractivity contribution in [3.8, 4) is 5.75 Å². The van der Waals surface area contributed by atoms with Crippen molar-refractivity contribution >= 4 is 5.97 Å². The predicted octanol–water partition coefficient (Wildman–Crippen LogP) is 1.91. The molecule has 1 aromatic rings. The second-order valence-corrected chi connectivity index (χ2v) is 2.86. The number of rotatable bonds is 3. The summed E-state index contributed by atoms with van der Waals surface area (Å²) in [7, 11) is 1.18. The minimum Gasteiger partial charge on any atom is -0.476 e. The molecule has 0 amide bonds. The molecule has 0 radical (unpaired) electrons. The number of carbonyl (C=O) groups excluding carboxylic acids is 1. The zero-order valence-electron chi connectivity index (χ0n) is 8.29. The molecule has 0 N–H and O–H groups in total. The average Bonchev–Trinajstić information content (AvgIpc) is 2.22. The van der Waals surface area contributed by atoms with Crippen LogP contribution in [-0.2, 0) is 9.53 Å². The van der Waals surface area contributed by atoms with Gasteiger partial charge in [0.15, 0.2) is 17.7 Å². The van der Waals surface area contributed by atoms with Gasteiger partial charge in [0.25, 0.3) is 0 Å². The Balaban J connectivity index is 2.80. The largest absolute Gasteiger partial charge is 0.476 e. The van der Waals surface area contributed by atoms with Crippen LogP contribution in [0.2, 0.25) is 0 Å². The Kier molecular flexibility index (Phi) is 3.60. The smallest absolute Gasteiger partial charge is 0.346 e. The van der Waals surface area contributed by atoms with E-state index in [0.717, 1.165) is 18.2 Å². The van der Waals surface area contributed by atoms with Crippen molar-refractivity contribution in [3.05, 3.63) is 29.8 Å². The van der Waals surface area contributed by atoms with Crippen LogP contribution in [0.15, 0.2) is 18.2 Å². The fourth-order valence-electron chi connectivity index (χ4n) is 0.972. The maximum atomic E-state index is 13.1. The molecular formula is C10H10F2O3. The second kappa shape index (κ2) is 4.72. The summed E-state index contributed by atoms with van der Waals surface area (Å²) in [5.41, 5.74) is 0. The molecule has 5 heteroatoms. The fraction of sp³-hybridized carbons (Fsp3) is 0.300. The molecule has 0 aromatic heterocycles. The van der Waals surface area contributed by atoms with E-state index in [1.165, 1.54) is 14.0 Å². The quantitative estimate of drug-likeness (QED) is 0.724. The van der Waals surface area contributed by atoms with Gasteiger partial charge >= 0.3 is 5.97 Å². The summed E-state index contributed by atoms with van der Waals surface area (Å²) >= 11 is 0. The molecule has 1 unspecified atom stereocenters. The van der Waals surface area contributed by atoms with Gasteiger partial charge in [-0.15, -0.1) is 0 Å². The van der Waals surface area contributed by atoms with E-state index in [0.29, 0.717) is 0 Å². The summed E-state index contributed by atoms with van der Waals surface area (Å²) in [4.78, 5) is 10.9. The Morgan fingerprint density at radius 3 is 2.67 bits per heavy atom. The molecule has 1 atom stereocenters. The number of esters is 1. The number of halogens is 2. The van der Waals surface area contributed by atoms with E-state index in [2.05, 4.69) is 4.74 Å². The van der Waals surface area contributed by atoms with E-state index in [4.69, 9.17) is 4.74 Å². The lowest BCUT2D eigenvalue weighted by Gasteiger charge is -2.12. The van der Waals surface area contributed by atoms with E-state index in [-0.39, 0.29) is 5.75 Å². The predicted molar refractivity (Wildman–Crippen MR) is 48.5 cm³/mol. The first-order valence-electron chi connectivity index (χ1n) is 4.24. The van der Waals surface area contributed by atoms with Crippen LogP contribution in [0.1, 0.15) is 6.92 Å². The van der Waals surface area contributed by atoms with Crippen LogP contribution in [0.3, 0.4) is 0 Å². The van der Waals surface area contributed by atoms with Crippen molar-refractivity contribution in [2.45, 2.75) is 13.0 Å². The van der Waals surface area contributed by atoms with Crippen molar-refractivity contribution in [1.82, 2.24) is 0 Å².